The highest BCUT2D eigenvalue weighted by atomic mass is 16.1. The van der Waals surface area contributed by atoms with Crippen LogP contribution in [0, 0.1) is 34.6 Å². The Morgan fingerprint density at radius 3 is 2.35 bits per heavy atom. The molecule has 0 radical (unpaired) electrons. The number of benzene rings is 1. The van der Waals surface area contributed by atoms with Crippen LogP contribution >= 0.6 is 0 Å². The summed E-state index contributed by atoms with van der Waals surface area (Å²) in [6.45, 7) is 9.96. The molecule has 2 heterocycles. The monoisotopic (exact) mass is 307 g/mol. The van der Waals surface area contributed by atoms with Crippen LogP contribution < -0.4 is 5.56 Å². The molecule has 3 rings (SSSR count). The highest BCUT2D eigenvalue weighted by molar-refractivity contribution is 5.73. The molecule has 4 nitrogen and oxygen atoms in total. The van der Waals surface area contributed by atoms with Crippen LogP contribution in [0.5, 0.6) is 0 Å². The smallest absolute Gasteiger partial charge is 0.256 e. The van der Waals surface area contributed by atoms with Crippen LogP contribution in [0.25, 0.3) is 16.8 Å². The van der Waals surface area contributed by atoms with Crippen LogP contribution in [0.1, 0.15) is 28.2 Å². The number of aryl methyl sites for hydroxylation is 5. The molecule has 0 aliphatic carbocycles. The molecular weight excluding hydrogens is 286 g/mol. The number of rotatable bonds is 2. The van der Waals surface area contributed by atoms with Crippen LogP contribution in [0.3, 0.4) is 0 Å². The van der Waals surface area contributed by atoms with E-state index in [0.29, 0.717) is 5.56 Å². The van der Waals surface area contributed by atoms with E-state index < -0.39 is 0 Å². The van der Waals surface area contributed by atoms with Crippen molar-refractivity contribution >= 4 is 0 Å². The van der Waals surface area contributed by atoms with Crippen LogP contribution in [-0.2, 0) is 0 Å². The van der Waals surface area contributed by atoms with Gasteiger partial charge in [0.15, 0.2) is 0 Å². The molecule has 2 aromatic heterocycles. The van der Waals surface area contributed by atoms with Crippen molar-refractivity contribution in [1.29, 1.82) is 0 Å². The Morgan fingerprint density at radius 2 is 1.70 bits per heavy atom. The standard InChI is InChI=1S/C19H21N3O/c1-11-6-7-16(17-9-12(2)15(5)20-19(17)23)18(8-11)22-14(4)10-13(3)21-22/h6-10H,1-5H3,(H,20,23). The minimum Gasteiger partial charge on any atom is -0.326 e. The van der Waals surface area contributed by atoms with Gasteiger partial charge in [0, 0.05) is 22.5 Å². The van der Waals surface area contributed by atoms with Gasteiger partial charge in [-0.2, -0.15) is 5.10 Å². The molecule has 4 heteroatoms. The Bertz CT molecular complexity index is 948. The van der Waals surface area contributed by atoms with E-state index in [1.54, 1.807) is 0 Å². The third-order valence-corrected chi connectivity index (χ3v) is 4.18. The van der Waals surface area contributed by atoms with Crippen LogP contribution in [0.15, 0.2) is 35.1 Å². The van der Waals surface area contributed by atoms with Crippen molar-refractivity contribution < 1.29 is 0 Å². The second kappa shape index (κ2) is 5.54. The SMILES string of the molecule is Cc1ccc(-c2cc(C)c(C)[nH]c2=O)c(-n2nc(C)cc2C)c1. The summed E-state index contributed by atoms with van der Waals surface area (Å²) < 4.78 is 1.91. The maximum atomic E-state index is 12.5. The molecule has 0 amide bonds. The zero-order valence-electron chi connectivity index (χ0n) is 14.2. The van der Waals surface area contributed by atoms with E-state index >= 15 is 0 Å². The normalized spacial score (nSPS) is 11.0. The maximum Gasteiger partial charge on any atom is 0.256 e. The summed E-state index contributed by atoms with van der Waals surface area (Å²) in [5.74, 6) is 0. The number of nitrogens with zero attached hydrogens (tertiary/aromatic N) is 2. The highest BCUT2D eigenvalue weighted by Gasteiger charge is 2.14. The van der Waals surface area contributed by atoms with Gasteiger partial charge >= 0.3 is 0 Å². The van der Waals surface area contributed by atoms with Gasteiger partial charge in [0.1, 0.15) is 0 Å². The average Bonchev–Trinajstić information content (AvgIpc) is 2.82. The Kier molecular flexibility index (Phi) is 3.68. The summed E-state index contributed by atoms with van der Waals surface area (Å²) in [6, 6.07) is 10.1. The summed E-state index contributed by atoms with van der Waals surface area (Å²) in [5, 5.41) is 4.58. The molecule has 3 aromatic rings. The van der Waals surface area contributed by atoms with Crippen LogP contribution in [0.4, 0.5) is 0 Å². The molecule has 0 aliphatic rings. The molecule has 1 aromatic carbocycles. The van der Waals surface area contributed by atoms with E-state index in [2.05, 4.69) is 16.1 Å². The molecule has 0 bridgehead atoms. The lowest BCUT2D eigenvalue weighted by Gasteiger charge is -2.13. The minimum atomic E-state index is -0.0697. The van der Waals surface area contributed by atoms with Gasteiger partial charge in [-0.25, -0.2) is 4.68 Å². The van der Waals surface area contributed by atoms with E-state index in [9.17, 15) is 4.79 Å². The summed E-state index contributed by atoms with van der Waals surface area (Å²) >= 11 is 0. The highest BCUT2D eigenvalue weighted by Crippen LogP contribution is 2.27. The number of H-pyrrole nitrogens is 1. The van der Waals surface area contributed by atoms with Gasteiger partial charge in [0.05, 0.1) is 11.4 Å². The van der Waals surface area contributed by atoms with E-state index in [1.807, 2.05) is 63.6 Å². The second-order valence-corrected chi connectivity index (χ2v) is 6.18. The van der Waals surface area contributed by atoms with Gasteiger partial charge in [0.25, 0.3) is 5.56 Å². The summed E-state index contributed by atoms with van der Waals surface area (Å²) in [6.07, 6.45) is 0. The Labute approximate surface area is 135 Å². The molecule has 0 unspecified atom stereocenters. The minimum absolute atomic E-state index is 0.0697. The molecule has 23 heavy (non-hydrogen) atoms. The zero-order chi connectivity index (χ0) is 16.7. The van der Waals surface area contributed by atoms with Crippen LogP contribution in [-0.4, -0.2) is 14.8 Å². The Hall–Kier alpha value is -2.62. The second-order valence-electron chi connectivity index (χ2n) is 6.18. The quantitative estimate of drug-likeness (QED) is 0.783. The lowest BCUT2D eigenvalue weighted by atomic mass is 10.0. The number of aromatic nitrogens is 3. The molecule has 1 N–H and O–H groups in total. The van der Waals surface area contributed by atoms with Gasteiger partial charge in [0.2, 0.25) is 0 Å². The number of hydrogen-bond acceptors (Lipinski definition) is 2. The zero-order valence-corrected chi connectivity index (χ0v) is 14.2. The fourth-order valence-corrected chi connectivity index (χ4v) is 2.84. The lowest BCUT2D eigenvalue weighted by molar-refractivity contribution is 0.834. The third kappa shape index (κ3) is 2.72. The van der Waals surface area contributed by atoms with Crippen molar-refractivity contribution in [3.05, 3.63) is 68.9 Å². The number of hydrogen-bond donors (Lipinski definition) is 1. The Morgan fingerprint density at radius 1 is 0.957 bits per heavy atom. The summed E-state index contributed by atoms with van der Waals surface area (Å²) in [5.41, 5.74) is 7.55. The number of pyridine rings is 1. The van der Waals surface area contributed by atoms with Crippen molar-refractivity contribution in [2.45, 2.75) is 34.6 Å². The van der Waals surface area contributed by atoms with Crippen molar-refractivity contribution in [1.82, 2.24) is 14.8 Å². The van der Waals surface area contributed by atoms with Gasteiger partial charge in [-0.1, -0.05) is 12.1 Å². The largest absolute Gasteiger partial charge is 0.326 e. The lowest BCUT2D eigenvalue weighted by Crippen LogP contribution is -2.13. The van der Waals surface area contributed by atoms with Crippen molar-refractivity contribution in [3.63, 3.8) is 0 Å². The van der Waals surface area contributed by atoms with Crippen molar-refractivity contribution in [2.75, 3.05) is 0 Å². The first-order valence-corrected chi connectivity index (χ1v) is 7.72. The van der Waals surface area contributed by atoms with E-state index in [0.717, 1.165) is 39.5 Å². The van der Waals surface area contributed by atoms with Crippen LogP contribution in [0.2, 0.25) is 0 Å². The number of nitrogens with one attached hydrogen (secondary N) is 1. The first kappa shape index (κ1) is 15.3. The molecule has 0 aliphatic heterocycles. The first-order valence-electron chi connectivity index (χ1n) is 7.72. The topological polar surface area (TPSA) is 50.7 Å². The Balaban J connectivity index is 2.32. The summed E-state index contributed by atoms with van der Waals surface area (Å²) in [4.78, 5) is 15.4. The van der Waals surface area contributed by atoms with E-state index in [4.69, 9.17) is 0 Å². The summed E-state index contributed by atoms with van der Waals surface area (Å²) in [7, 11) is 0. The van der Waals surface area contributed by atoms with Gasteiger partial charge in [-0.15, -0.1) is 0 Å². The van der Waals surface area contributed by atoms with Crippen molar-refractivity contribution in [2.24, 2.45) is 0 Å². The maximum absolute atomic E-state index is 12.5. The molecule has 0 saturated heterocycles. The van der Waals surface area contributed by atoms with Crippen molar-refractivity contribution in [3.8, 4) is 16.8 Å². The molecule has 0 atom stereocenters. The number of aromatic amines is 1. The molecule has 0 fully saturated rings. The average molecular weight is 307 g/mol. The van der Waals surface area contributed by atoms with Gasteiger partial charge in [-0.3, -0.25) is 4.79 Å². The van der Waals surface area contributed by atoms with E-state index in [-0.39, 0.29) is 5.56 Å². The molecule has 0 spiro atoms. The first-order chi connectivity index (χ1) is 10.9. The fourth-order valence-electron chi connectivity index (χ4n) is 2.84. The third-order valence-electron chi connectivity index (χ3n) is 4.18. The fraction of sp³-hybridized carbons (Fsp3) is 0.263. The molecule has 0 saturated carbocycles. The molecular formula is C19H21N3O. The molecule has 118 valence electrons. The van der Waals surface area contributed by atoms with E-state index in [1.165, 1.54) is 0 Å². The van der Waals surface area contributed by atoms with Gasteiger partial charge < -0.3 is 4.98 Å². The predicted molar refractivity (Wildman–Crippen MR) is 93.3 cm³/mol. The predicted octanol–water partition coefficient (Wildman–Crippen LogP) is 3.77. The van der Waals surface area contributed by atoms with Gasteiger partial charge in [-0.05, 0) is 63.9 Å².